The molecular formula is C23H29N3O3. The minimum Gasteiger partial charge on any atom is -0.466 e. The van der Waals surface area contributed by atoms with Crippen LogP contribution in [-0.4, -0.2) is 40.0 Å². The highest BCUT2D eigenvalue weighted by Crippen LogP contribution is 2.27. The van der Waals surface area contributed by atoms with E-state index in [0.29, 0.717) is 19.4 Å². The Morgan fingerprint density at radius 1 is 1.34 bits per heavy atom. The summed E-state index contributed by atoms with van der Waals surface area (Å²) in [5.41, 5.74) is 7.46. The van der Waals surface area contributed by atoms with Gasteiger partial charge in [0.15, 0.2) is 0 Å². The topological polar surface area (TPSA) is 90.5 Å². The van der Waals surface area contributed by atoms with Gasteiger partial charge in [-0.15, -0.1) is 0 Å². The third-order valence-corrected chi connectivity index (χ3v) is 5.18. The van der Waals surface area contributed by atoms with Gasteiger partial charge in [-0.3, -0.25) is 4.79 Å². The van der Waals surface area contributed by atoms with E-state index in [4.69, 9.17) is 4.74 Å². The number of hydrogen-bond donors (Lipinski definition) is 3. The molecular weight excluding hydrogens is 366 g/mol. The Morgan fingerprint density at radius 2 is 2.17 bits per heavy atom. The predicted octanol–water partition coefficient (Wildman–Crippen LogP) is 4.00. The summed E-state index contributed by atoms with van der Waals surface area (Å²) < 4.78 is 5.26. The number of carbonyl (C=O) groups is 1. The summed E-state index contributed by atoms with van der Waals surface area (Å²) in [6.07, 6.45) is 8.64. The van der Waals surface area contributed by atoms with Crippen molar-refractivity contribution in [1.29, 1.82) is 0 Å². The second kappa shape index (κ2) is 9.56. The van der Waals surface area contributed by atoms with Crippen LogP contribution in [0.2, 0.25) is 0 Å². The second-order valence-electron chi connectivity index (χ2n) is 7.28. The molecule has 0 aliphatic carbocycles. The zero-order chi connectivity index (χ0) is 20.8. The highest BCUT2D eigenvalue weighted by molar-refractivity contribution is 6.11. The molecule has 0 fully saturated rings. The second-order valence-corrected chi connectivity index (χ2v) is 7.28. The number of H-pyrrole nitrogens is 2. The van der Waals surface area contributed by atoms with Crippen LogP contribution in [0.1, 0.15) is 54.4 Å². The fourth-order valence-electron chi connectivity index (χ4n) is 3.45. The Morgan fingerprint density at radius 3 is 2.86 bits per heavy atom. The van der Waals surface area contributed by atoms with E-state index in [2.05, 4.69) is 21.9 Å². The van der Waals surface area contributed by atoms with E-state index < -0.39 is 0 Å². The number of esters is 1. The van der Waals surface area contributed by atoms with Gasteiger partial charge in [0.2, 0.25) is 0 Å². The molecule has 0 saturated heterocycles. The van der Waals surface area contributed by atoms with Crippen LogP contribution in [0.25, 0.3) is 6.08 Å². The molecule has 0 bridgehead atoms. The van der Waals surface area contributed by atoms with Crippen molar-refractivity contribution in [2.75, 3.05) is 13.2 Å². The monoisotopic (exact) mass is 395 g/mol. The molecule has 0 radical (unpaired) electrons. The number of carbonyl (C=O) groups excluding carboxylic acids is 1. The third-order valence-electron chi connectivity index (χ3n) is 5.18. The molecule has 0 amide bonds. The van der Waals surface area contributed by atoms with Crippen LogP contribution < -0.4 is 0 Å². The Bertz CT molecular complexity index is 946. The molecule has 1 aliphatic rings. The summed E-state index contributed by atoms with van der Waals surface area (Å²) in [6.45, 7) is 6.55. The van der Waals surface area contributed by atoms with Crippen molar-refractivity contribution in [3.05, 3.63) is 63.9 Å². The number of nitrogens with zero attached hydrogens (tertiary/aromatic N) is 1. The molecule has 3 N–H and O–H groups in total. The average Bonchev–Trinajstić information content (AvgIpc) is 3.42. The highest BCUT2D eigenvalue weighted by atomic mass is 16.5. The molecule has 0 unspecified atom stereocenters. The lowest BCUT2D eigenvalue weighted by Crippen LogP contribution is -2.07. The van der Waals surface area contributed by atoms with E-state index in [1.165, 1.54) is 0 Å². The SMILES string of the molecule is CCCCOC(=O)CCc1c(C)[nH]c(/C=C2\N=C(c3ccc[nH]3)C=C2CO)c1C. The fourth-order valence-corrected chi connectivity index (χ4v) is 3.45. The maximum atomic E-state index is 11.9. The molecule has 3 rings (SSSR count). The lowest BCUT2D eigenvalue weighted by molar-refractivity contribution is -0.143. The molecule has 29 heavy (non-hydrogen) atoms. The van der Waals surface area contributed by atoms with E-state index >= 15 is 0 Å². The standard InChI is InChI=1S/C23H29N3O3/c1-4-5-11-29-23(28)9-8-18-15(2)20(25-16(18)3)13-21-17(14-27)12-22(26-21)19-7-6-10-24-19/h6-7,10,12-13,24-25,27H,4-5,8-9,11,14H2,1-3H3/b21-13-. The number of aliphatic imine (C=N–C) groups is 1. The molecule has 6 nitrogen and oxygen atoms in total. The number of nitrogens with one attached hydrogen (secondary N) is 2. The van der Waals surface area contributed by atoms with Crippen molar-refractivity contribution in [1.82, 2.24) is 9.97 Å². The van der Waals surface area contributed by atoms with Crippen LogP contribution in [0.4, 0.5) is 0 Å². The maximum Gasteiger partial charge on any atom is 0.306 e. The van der Waals surface area contributed by atoms with E-state index in [1.54, 1.807) is 0 Å². The summed E-state index contributed by atoms with van der Waals surface area (Å²) in [6, 6.07) is 3.87. The van der Waals surface area contributed by atoms with Crippen molar-refractivity contribution in [2.45, 2.75) is 46.5 Å². The molecule has 0 atom stereocenters. The number of rotatable bonds is 9. The van der Waals surface area contributed by atoms with Crippen LogP contribution in [0.5, 0.6) is 0 Å². The quantitative estimate of drug-likeness (QED) is 0.443. The zero-order valence-corrected chi connectivity index (χ0v) is 17.3. The summed E-state index contributed by atoms with van der Waals surface area (Å²) in [4.78, 5) is 23.1. The first-order valence-electron chi connectivity index (χ1n) is 10.1. The minimum atomic E-state index is -0.153. The first-order chi connectivity index (χ1) is 14.0. The number of aromatic amines is 2. The highest BCUT2D eigenvalue weighted by Gasteiger charge is 2.18. The predicted molar refractivity (Wildman–Crippen MR) is 115 cm³/mol. The molecule has 2 aromatic rings. The molecule has 1 aliphatic heterocycles. The Kier molecular flexibility index (Phi) is 6.88. The van der Waals surface area contributed by atoms with Gasteiger partial charge in [-0.2, -0.15) is 0 Å². The summed E-state index contributed by atoms with van der Waals surface area (Å²) in [5.74, 6) is -0.153. The number of unbranched alkanes of at least 4 members (excludes halogenated alkanes) is 1. The van der Waals surface area contributed by atoms with Gasteiger partial charge in [0.25, 0.3) is 0 Å². The number of allylic oxidation sites excluding steroid dienone is 1. The van der Waals surface area contributed by atoms with Gasteiger partial charge in [0.1, 0.15) is 0 Å². The number of aliphatic hydroxyl groups is 1. The average molecular weight is 396 g/mol. The Hall–Kier alpha value is -2.86. The zero-order valence-electron chi connectivity index (χ0n) is 17.3. The molecule has 6 heteroatoms. The fraction of sp³-hybridized carbons (Fsp3) is 0.391. The Balaban J connectivity index is 1.76. The van der Waals surface area contributed by atoms with E-state index in [9.17, 15) is 9.90 Å². The number of hydrogen-bond acceptors (Lipinski definition) is 4. The largest absolute Gasteiger partial charge is 0.466 e. The van der Waals surface area contributed by atoms with Gasteiger partial charge in [-0.1, -0.05) is 13.3 Å². The van der Waals surface area contributed by atoms with Crippen molar-refractivity contribution in [3.63, 3.8) is 0 Å². The molecule has 0 aromatic carbocycles. The van der Waals surface area contributed by atoms with Crippen LogP contribution in [-0.2, 0) is 16.0 Å². The minimum absolute atomic E-state index is 0.0747. The first kappa shape index (κ1) is 20.9. The number of aryl methyl sites for hydroxylation is 1. The normalized spacial score (nSPS) is 15.0. The van der Waals surface area contributed by atoms with Crippen molar-refractivity contribution in [3.8, 4) is 0 Å². The molecule has 3 heterocycles. The lowest BCUT2D eigenvalue weighted by atomic mass is 10.0. The molecule has 0 spiro atoms. The summed E-state index contributed by atoms with van der Waals surface area (Å²) >= 11 is 0. The Labute approximate surface area is 171 Å². The van der Waals surface area contributed by atoms with Crippen molar-refractivity contribution < 1.29 is 14.6 Å². The molecule has 154 valence electrons. The molecule has 2 aromatic heterocycles. The van der Waals surface area contributed by atoms with Crippen molar-refractivity contribution >= 4 is 17.8 Å². The number of aliphatic hydroxyl groups excluding tert-OH is 1. The van der Waals surface area contributed by atoms with Gasteiger partial charge in [-0.25, -0.2) is 4.99 Å². The van der Waals surface area contributed by atoms with Crippen LogP contribution in [0.15, 0.2) is 40.7 Å². The smallest absolute Gasteiger partial charge is 0.306 e. The number of aromatic nitrogens is 2. The van der Waals surface area contributed by atoms with Gasteiger partial charge in [0.05, 0.1) is 30.3 Å². The van der Waals surface area contributed by atoms with E-state index in [1.807, 2.05) is 44.3 Å². The van der Waals surface area contributed by atoms with Gasteiger partial charge in [-0.05, 0) is 62.1 Å². The van der Waals surface area contributed by atoms with Crippen LogP contribution >= 0.6 is 0 Å². The third kappa shape index (κ3) is 4.95. The van der Waals surface area contributed by atoms with Gasteiger partial charge >= 0.3 is 5.97 Å². The van der Waals surface area contributed by atoms with E-state index in [0.717, 1.165) is 58.0 Å². The van der Waals surface area contributed by atoms with Crippen molar-refractivity contribution in [2.24, 2.45) is 4.99 Å². The first-order valence-corrected chi connectivity index (χ1v) is 10.1. The van der Waals surface area contributed by atoms with Crippen LogP contribution in [0.3, 0.4) is 0 Å². The summed E-state index contributed by atoms with van der Waals surface area (Å²) in [5, 5.41) is 9.74. The van der Waals surface area contributed by atoms with Gasteiger partial charge in [0, 0.05) is 29.6 Å². The number of ether oxygens (including phenoxy) is 1. The lowest BCUT2D eigenvalue weighted by Gasteiger charge is -2.05. The summed E-state index contributed by atoms with van der Waals surface area (Å²) in [7, 11) is 0. The molecule has 0 saturated carbocycles. The van der Waals surface area contributed by atoms with E-state index in [-0.39, 0.29) is 12.6 Å². The maximum absolute atomic E-state index is 11.9. The van der Waals surface area contributed by atoms with Crippen LogP contribution in [0, 0.1) is 13.8 Å². The van der Waals surface area contributed by atoms with Gasteiger partial charge < -0.3 is 19.8 Å².